The fourth-order valence-corrected chi connectivity index (χ4v) is 5.33. The highest BCUT2D eigenvalue weighted by Crippen LogP contribution is 2.32. The first-order valence-electron chi connectivity index (χ1n) is 12.9. The van der Waals surface area contributed by atoms with Crippen molar-refractivity contribution < 1.29 is 14.3 Å². The quantitative estimate of drug-likeness (QED) is 0.303. The van der Waals surface area contributed by atoms with E-state index in [9.17, 15) is 4.79 Å². The summed E-state index contributed by atoms with van der Waals surface area (Å²) in [5.74, 6) is 1.44. The average Bonchev–Trinajstić information content (AvgIpc) is 3.56. The van der Waals surface area contributed by atoms with Crippen molar-refractivity contribution in [3.63, 3.8) is 0 Å². The largest absolute Gasteiger partial charge is 0.492 e. The predicted molar refractivity (Wildman–Crippen MR) is 153 cm³/mol. The molecule has 200 valence electrons. The summed E-state index contributed by atoms with van der Waals surface area (Å²) in [4.78, 5) is 16.5. The van der Waals surface area contributed by atoms with Crippen molar-refractivity contribution >= 4 is 39.6 Å². The number of nitrogens with one attached hydrogen (secondary N) is 2. The number of nitrogens with zero attached hydrogens (tertiary/aromatic N) is 3. The van der Waals surface area contributed by atoms with Gasteiger partial charge in [0.15, 0.2) is 0 Å². The summed E-state index contributed by atoms with van der Waals surface area (Å²) in [5, 5.41) is 14.4. The summed E-state index contributed by atoms with van der Waals surface area (Å²) < 4.78 is 13.9. The number of aromatic nitrogens is 2. The minimum Gasteiger partial charge on any atom is -0.492 e. The van der Waals surface area contributed by atoms with E-state index in [1.54, 1.807) is 16.0 Å². The number of benzene rings is 2. The zero-order chi connectivity index (χ0) is 26.7. The van der Waals surface area contributed by atoms with E-state index in [1.165, 1.54) is 4.88 Å². The number of urea groups is 1. The zero-order valence-electron chi connectivity index (χ0n) is 22.4. The maximum absolute atomic E-state index is 12.9. The second kappa shape index (κ2) is 11.1. The molecule has 1 unspecified atom stereocenters. The third-order valence-electron chi connectivity index (χ3n) is 6.70. The van der Waals surface area contributed by atoms with Crippen LogP contribution in [0.1, 0.15) is 37.4 Å². The second-order valence-electron chi connectivity index (χ2n) is 10.5. The maximum Gasteiger partial charge on any atom is 0.324 e. The Balaban J connectivity index is 1.22. The fraction of sp³-hybridized carbons (Fsp3) is 0.379. The molecule has 2 aromatic heterocycles. The molecule has 0 saturated carbocycles. The number of ether oxygens (including phenoxy) is 2. The molecular formula is C29H35N5O3S. The molecular weight excluding hydrogens is 498 g/mol. The van der Waals surface area contributed by atoms with E-state index in [0.29, 0.717) is 12.4 Å². The molecule has 1 atom stereocenters. The number of hydrogen-bond donors (Lipinski definition) is 2. The van der Waals surface area contributed by atoms with E-state index >= 15 is 0 Å². The Morgan fingerprint density at radius 2 is 1.95 bits per heavy atom. The second-order valence-corrected chi connectivity index (χ2v) is 11.5. The van der Waals surface area contributed by atoms with E-state index in [0.717, 1.165) is 54.1 Å². The highest BCUT2D eigenvalue weighted by molar-refractivity contribution is 7.10. The molecule has 0 bridgehead atoms. The highest BCUT2D eigenvalue weighted by Gasteiger charge is 2.23. The van der Waals surface area contributed by atoms with Crippen molar-refractivity contribution in [1.82, 2.24) is 14.7 Å². The molecule has 2 aromatic carbocycles. The van der Waals surface area contributed by atoms with E-state index in [1.807, 2.05) is 49.5 Å². The number of thiophene rings is 1. The van der Waals surface area contributed by atoms with E-state index in [4.69, 9.17) is 9.47 Å². The molecule has 2 amide bonds. The third kappa shape index (κ3) is 6.01. The lowest BCUT2D eigenvalue weighted by atomic mass is 9.92. The minimum absolute atomic E-state index is 0.103. The molecule has 0 radical (unpaired) electrons. The van der Waals surface area contributed by atoms with Gasteiger partial charge in [-0.1, -0.05) is 51.1 Å². The summed E-state index contributed by atoms with van der Waals surface area (Å²) >= 11 is 1.74. The summed E-state index contributed by atoms with van der Waals surface area (Å²) in [6, 6.07) is 17.6. The number of carbonyl (C=O) groups excluding carboxylic acids is 1. The van der Waals surface area contributed by atoms with Crippen molar-refractivity contribution in [2.75, 3.05) is 43.5 Å². The van der Waals surface area contributed by atoms with Crippen LogP contribution in [0.2, 0.25) is 0 Å². The van der Waals surface area contributed by atoms with Gasteiger partial charge in [0, 0.05) is 53.8 Å². The van der Waals surface area contributed by atoms with Crippen molar-refractivity contribution in [1.29, 1.82) is 0 Å². The molecule has 9 heteroatoms. The number of rotatable bonds is 7. The number of anilines is 2. The van der Waals surface area contributed by atoms with Crippen molar-refractivity contribution in [3.8, 4) is 5.75 Å². The summed E-state index contributed by atoms with van der Waals surface area (Å²) in [6.07, 6.45) is 0.132. The molecule has 3 heterocycles. The van der Waals surface area contributed by atoms with Gasteiger partial charge in [0.1, 0.15) is 24.3 Å². The van der Waals surface area contributed by atoms with Crippen LogP contribution in [-0.2, 0) is 17.2 Å². The summed E-state index contributed by atoms with van der Waals surface area (Å²) in [5.41, 5.74) is 1.53. The van der Waals surface area contributed by atoms with Gasteiger partial charge in [0.05, 0.1) is 18.0 Å². The number of morpholine rings is 1. The average molecular weight is 534 g/mol. The van der Waals surface area contributed by atoms with Crippen LogP contribution >= 0.6 is 11.3 Å². The molecule has 1 aliphatic rings. The van der Waals surface area contributed by atoms with Crippen LogP contribution in [0, 0.1) is 0 Å². The highest BCUT2D eigenvalue weighted by atomic mass is 32.1. The molecule has 4 aromatic rings. The van der Waals surface area contributed by atoms with Crippen LogP contribution in [0.3, 0.4) is 0 Å². The van der Waals surface area contributed by atoms with Gasteiger partial charge in [0.25, 0.3) is 0 Å². The first-order valence-corrected chi connectivity index (χ1v) is 13.8. The monoisotopic (exact) mass is 533 g/mol. The van der Waals surface area contributed by atoms with Crippen molar-refractivity contribution in [2.24, 2.45) is 7.05 Å². The van der Waals surface area contributed by atoms with Gasteiger partial charge < -0.3 is 14.8 Å². The smallest absolute Gasteiger partial charge is 0.324 e. The van der Waals surface area contributed by atoms with E-state index in [2.05, 4.69) is 58.9 Å². The molecule has 1 saturated heterocycles. The minimum atomic E-state index is -0.320. The Labute approximate surface area is 227 Å². The Bertz CT molecular complexity index is 1390. The normalized spacial score (nSPS) is 16.5. The topological polar surface area (TPSA) is 80.7 Å². The van der Waals surface area contributed by atoms with Gasteiger partial charge in [-0.25, -0.2) is 4.79 Å². The lowest BCUT2D eigenvalue weighted by molar-refractivity contribution is -0.0311. The van der Waals surface area contributed by atoms with Crippen LogP contribution < -0.4 is 15.4 Å². The van der Waals surface area contributed by atoms with Crippen molar-refractivity contribution in [2.45, 2.75) is 32.3 Å². The van der Waals surface area contributed by atoms with Crippen LogP contribution in [-0.4, -0.2) is 53.6 Å². The first kappa shape index (κ1) is 26.2. The van der Waals surface area contributed by atoms with Gasteiger partial charge in [0.2, 0.25) is 0 Å². The molecule has 0 spiro atoms. The Morgan fingerprint density at radius 3 is 2.68 bits per heavy atom. The number of fused-ring (bicyclic) bond motifs is 1. The number of aryl methyl sites for hydroxylation is 1. The van der Waals surface area contributed by atoms with Gasteiger partial charge in [-0.15, -0.1) is 11.3 Å². The SMILES string of the molecule is Cn1nc(C(C)(C)C)cc1NC(=O)Nc1ccc(OCCN2CCOC(c3cccs3)C2)c2ccccc12. The molecule has 5 rings (SSSR count). The van der Waals surface area contributed by atoms with Gasteiger partial charge in [-0.05, 0) is 23.6 Å². The summed E-state index contributed by atoms with van der Waals surface area (Å²) in [7, 11) is 1.83. The predicted octanol–water partition coefficient (Wildman–Crippen LogP) is 6.03. The van der Waals surface area contributed by atoms with Crippen LogP contribution in [0.5, 0.6) is 5.75 Å². The maximum atomic E-state index is 12.9. The summed E-state index contributed by atoms with van der Waals surface area (Å²) in [6.45, 7) is 10.2. The van der Waals surface area contributed by atoms with Gasteiger partial charge in [-0.3, -0.25) is 14.9 Å². The Hall–Kier alpha value is -3.40. The van der Waals surface area contributed by atoms with Gasteiger partial charge in [-0.2, -0.15) is 5.10 Å². The number of amides is 2. The Morgan fingerprint density at radius 1 is 1.13 bits per heavy atom. The molecule has 0 aliphatic carbocycles. The standard InChI is InChI=1S/C29H35N5O3S/c1-29(2,3)26-18-27(33(4)32-26)31-28(35)30-22-11-12-23(21-9-6-5-8-20(21)22)36-15-13-34-14-16-37-24(19-34)25-10-7-17-38-25/h5-12,17-18,24H,13-16,19H2,1-4H3,(H2,30,31,35). The van der Waals surface area contributed by atoms with E-state index in [-0.39, 0.29) is 17.6 Å². The van der Waals surface area contributed by atoms with Crippen LogP contribution in [0.4, 0.5) is 16.3 Å². The number of hydrogen-bond acceptors (Lipinski definition) is 6. The first-order chi connectivity index (χ1) is 18.3. The number of carbonyl (C=O) groups is 1. The lowest BCUT2D eigenvalue weighted by Gasteiger charge is -2.32. The fourth-order valence-electron chi connectivity index (χ4n) is 4.56. The molecule has 1 fully saturated rings. The lowest BCUT2D eigenvalue weighted by Crippen LogP contribution is -2.40. The Kier molecular flexibility index (Phi) is 7.69. The zero-order valence-corrected chi connectivity index (χ0v) is 23.2. The molecule has 8 nitrogen and oxygen atoms in total. The van der Waals surface area contributed by atoms with Crippen molar-refractivity contribution in [3.05, 3.63) is 70.5 Å². The molecule has 38 heavy (non-hydrogen) atoms. The molecule has 1 aliphatic heterocycles. The van der Waals surface area contributed by atoms with E-state index < -0.39 is 0 Å². The van der Waals surface area contributed by atoms with Crippen LogP contribution in [0.15, 0.2) is 60.0 Å². The molecule has 2 N–H and O–H groups in total. The third-order valence-corrected chi connectivity index (χ3v) is 7.66. The van der Waals surface area contributed by atoms with Crippen LogP contribution in [0.25, 0.3) is 10.8 Å². The van der Waals surface area contributed by atoms with Gasteiger partial charge >= 0.3 is 6.03 Å².